The van der Waals surface area contributed by atoms with Crippen LogP contribution in [-0.2, 0) is 39.5 Å². The number of anilines is 1. The number of phosphoric acid groups is 1. The van der Waals surface area contributed by atoms with E-state index in [-0.39, 0.29) is 17.0 Å². The molecular formula is C12H17N5O10P2S. The molecule has 18 heteroatoms. The fourth-order valence-electron chi connectivity index (χ4n) is 2.78. The molecule has 166 valence electrons. The molecule has 2 aromatic heterocycles. The number of carbonyl (C=O) groups excluding carboxylic acids is 1. The summed E-state index contributed by atoms with van der Waals surface area (Å²) in [7, 11) is -4.98. The fourth-order valence-corrected chi connectivity index (χ4v) is 5.14. The number of nitrogens with zero attached hydrogens (tertiary/aromatic N) is 4. The van der Waals surface area contributed by atoms with E-state index >= 15 is 0 Å². The lowest BCUT2D eigenvalue weighted by Crippen LogP contribution is -2.36. The summed E-state index contributed by atoms with van der Waals surface area (Å²) in [6.07, 6.45) is -2.78. The summed E-state index contributed by atoms with van der Waals surface area (Å²) in [6.45, 7) is -4.13. The van der Waals surface area contributed by atoms with Crippen LogP contribution in [0.3, 0.4) is 0 Å². The lowest BCUT2D eigenvalue weighted by Gasteiger charge is -2.21. The van der Waals surface area contributed by atoms with Gasteiger partial charge < -0.3 is 35.0 Å². The van der Waals surface area contributed by atoms with Crippen molar-refractivity contribution in [1.82, 2.24) is 19.5 Å². The molecule has 15 nitrogen and oxygen atoms in total. The number of esters is 1. The molecule has 0 aromatic carbocycles. The molecule has 2 aromatic rings. The summed E-state index contributed by atoms with van der Waals surface area (Å²) >= 11 is 4.12. The predicted octanol–water partition coefficient (Wildman–Crippen LogP) is -1.06. The smallest absolute Gasteiger partial charge is 0.455 e. The second-order valence-electron chi connectivity index (χ2n) is 6.05. The topological polar surface area (TPSA) is 222 Å². The molecule has 0 spiro atoms. The molecule has 1 aliphatic rings. The van der Waals surface area contributed by atoms with E-state index in [1.807, 2.05) is 0 Å². The third-order valence-corrected chi connectivity index (χ3v) is 6.64. The van der Waals surface area contributed by atoms with Crippen LogP contribution >= 0.6 is 14.5 Å². The number of hydrogen-bond donors (Lipinski definition) is 5. The van der Waals surface area contributed by atoms with Crippen molar-refractivity contribution in [2.75, 3.05) is 12.3 Å². The standard InChI is InChI=1S/C12H17N5O10P2S/c1-5(18)25-9-8(19)6(2-24-28(20,21)27-29(22,23)30)26-12(9)17-4-16-7-10(13)14-3-15-11(7)17/h3-4,6,8-9,12,19H,2H2,1H3,(H,20,21)(H2,13,14,15)(H2,22,23,30)/t6-,8-,9-,12-/m1/s1. The predicted molar refractivity (Wildman–Crippen MR) is 101 cm³/mol. The molecule has 5 atom stereocenters. The summed E-state index contributed by atoms with van der Waals surface area (Å²) in [5, 5.41) is 10.5. The van der Waals surface area contributed by atoms with Crippen LogP contribution in [0.4, 0.5) is 5.82 Å². The van der Waals surface area contributed by atoms with Gasteiger partial charge in [-0.25, -0.2) is 23.8 Å². The van der Waals surface area contributed by atoms with Crippen molar-refractivity contribution in [3.8, 4) is 0 Å². The third-order valence-electron chi connectivity index (χ3n) is 3.89. The van der Waals surface area contributed by atoms with E-state index in [0.29, 0.717) is 0 Å². The Bertz CT molecular complexity index is 1050. The maximum atomic E-state index is 11.8. The number of phosphoric ester groups is 1. The number of imidazole rings is 1. The zero-order valence-electron chi connectivity index (χ0n) is 15.1. The molecular weight excluding hydrogens is 468 g/mol. The summed E-state index contributed by atoms with van der Waals surface area (Å²) < 4.78 is 32.5. The number of carbonyl (C=O) groups is 1. The largest absolute Gasteiger partial charge is 0.479 e. The minimum absolute atomic E-state index is 0.0864. The molecule has 30 heavy (non-hydrogen) atoms. The van der Waals surface area contributed by atoms with E-state index in [1.54, 1.807) is 0 Å². The Morgan fingerprint density at radius 2 is 2.07 bits per heavy atom. The van der Waals surface area contributed by atoms with Crippen molar-refractivity contribution in [3.05, 3.63) is 12.7 Å². The van der Waals surface area contributed by atoms with Gasteiger partial charge in [-0.2, -0.15) is 0 Å². The number of fused-ring (bicyclic) bond motifs is 1. The van der Waals surface area contributed by atoms with Gasteiger partial charge in [-0.3, -0.25) is 13.9 Å². The molecule has 6 N–H and O–H groups in total. The highest BCUT2D eigenvalue weighted by Gasteiger charge is 2.48. The number of nitrogens with two attached hydrogens (primary N) is 1. The Morgan fingerprint density at radius 1 is 1.37 bits per heavy atom. The normalized spacial score (nSPS) is 26.6. The highest BCUT2D eigenvalue weighted by atomic mass is 32.5. The van der Waals surface area contributed by atoms with Gasteiger partial charge in [-0.1, -0.05) is 0 Å². The van der Waals surface area contributed by atoms with Crippen LogP contribution in [0, 0.1) is 0 Å². The number of rotatable bonds is 7. The summed E-state index contributed by atoms with van der Waals surface area (Å²) in [6, 6.07) is 0. The molecule has 0 saturated carbocycles. The molecule has 0 radical (unpaired) electrons. The Labute approximate surface area is 173 Å². The van der Waals surface area contributed by atoms with Crippen molar-refractivity contribution in [3.63, 3.8) is 0 Å². The second kappa shape index (κ2) is 8.51. The molecule has 1 aliphatic heterocycles. The van der Waals surface area contributed by atoms with E-state index in [4.69, 9.17) is 25.0 Å². The van der Waals surface area contributed by atoms with Gasteiger partial charge in [-0.05, 0) is 11.8 Å². The number of aliphatic hydroxyl groups excluding tert-OH is 1. The van der Waals surface area contributed by atoms with E-state index in [9.17, 15) is 19.4 Å². The van der Waals surface area contributed by atoms with Gasteiger partial charge >= 0.3 is 20.5 Å². The molecule has 3 heterocycles. The lowest BCUT2D eigenvalue weighted by atomic mass is 10.1. The first-order valence-corrected chi connectivity index (χ1v) is 12.2. The minimum Gasteiger partial charge on any atom is -0.455 e. The Kier molecular flexibility index (Phi) is 6.55. The molecule has 3 rings (SSSR count). The second-order valence-corrected chi connectivity index (χ2v) is 10.3. The van der Waals surface area contributed by atoms with Gasteiger partial charge in [0, 0.05) is 6.92 Å². The minimum atomic E-state index is -4.98. The molecule has 0 aliphatic carbocycles. The number of aliphatic hydroxyl groups is 1. The average Bonchev–Trinajstić information content (AvgIpc) is 3.14. The first-order valence-electron chi connectivity index (χ1n) is 8.06. The number of hydrogen-bond acceptors (Lipinski definition) is 12. The summed E-state index contributed by atoms with van der Waals surface area (Å²) in [5.41, 5.74) is 6.20. The van der Waals surface area contributed by atoms with E-state index < -0.39 is 51.7 Å². The average molecular weight is 485 g/mol. The first kappa shape index (κ1) is 23.1. The quantitative estimate of drug-likeness (QED) is 0.233. The van der Waals surface area contributed by atoms with E-state index in [2.05, 4.69) is 35.6 Å². The van der Waals surface area contributed by atoms with Crippen molar-refractivity contribution in [2.45, 2.75) is 31.5 Å². The van der Waals surface area contributed by atoms with Crippen LogP contribution in [0.2, 0.25) is 0 Å². The van der Waals surface area contributed by atoms with Crippen LogP contribution in [0.25, 0.3) is 11.2 Å². The molecule has 0 amide bonds. The van der Waals surface area contributed by atoms with Gasteiger partial charge in [0.25, 0.3) is 0 Å². The Balaban J connectivity index is 1.85. The highest BCUT2D eigenvalue weighted by Crippen LogP contribution is 2.58. The van der Waals surface area contributed by atoms with Gasteiger partial charge in [0.1, 0.15) is 24.1 Å². The molecule has 1 unspecified atom stereocenters. The van der Waals surface area contributed by atoms with E-state index in [0.717, 1.165) is 6.92 Å². The van der Waals surface area contributed by atoms with Gasteiger partial charge in [-0.15, -0.1) is 0 Å². The number of aromatic nitrogens is 4. The van der Waals surface area contributed by atoms with Gasteiger partial charge in [0.2, 0.25) is 0 Å². The van der Waals surface area contributed by atoms with Crippen LogP contribution in [0.15, 0.2) is 12.7 Å². The van der Waals surface area contributed by atoms with Crippen LogP contribution in [-0.4, -0.2) is 70.2 Å². The highest BCUT2D eigenvalue weighted by molar-refractivity contribution is 8.08. The monoisotopic (exact) mass is 485 g/mol. The molecule has 1 saturated heterocycles. The van der Waals surface area contributed by atoms with E-state index in [1.165, 1.54) is 17.2 Å². The zero-order chi connectivity index (χ0) is 22.3. The maximum Gasteiger partial charge on any atom is 0.479 e. The third kappa shape index (κ3) is 5.18. The fraction of sp³-hybridized carbons (Fsp3) is 0.500. The summed E-state index contributed by atoms with van der Waals surface area (Å²) in [5.74, 6) is -0.645. The van der Waals surface area contributed by atoms with Crippen molar-refractivity contribution < 1.29 is 47.5 Å². The Hall–Kier alpha value is -1.58. The molecule has 0 bridgehead atoms. The number of nitrogen functional groups attached to an aromatic ring is 1. The first-order chi connectivity index (χ1) is 13.9. The summed E-state index contributed by atoms with van der Waals surface area (Å²) in [4.78, 5) is 50.9. The zero-order valence-corrected chi connectivity index (χ0v) is 17.7. The van der Waals surface area contributed by atoms with Crippen LogP contribution in [0.1, 0.15) is 13.2 Å². The van der Waals surface area contributed by atoms with Crippen LogP contribution < -0.4 is 5.73 Å². The van der Waals surface area contributed by atoms with Crippen molar-refractivity contribution >= 4 is 49.3 Å². The van der Waals surface area contributed by atoms with Crippen molar-refractivity contribution in [1.29, 1.82) is 0 Å². The van der Waals surface area contributed by atoms with Crippen LogP contribution in [0.5, 0.6) is 0 Å². The number of ether oxygens (including phenoxy) is 2. The SMILES string of the molecule is CC(=O)O[C@@H]1[C@H](O)[C@@H](COP(=O)(O)OP(O)(O)=S)O[C@H]1n1cnc2c(N)ncnc21. The Morgan fingerprint density at radius 3 is 2.70 bits per heavy atom. The van der Waals surface area contributed by atoms with Crippen molar-refractivity contribution in [2.24, 2.45) is 0 Å². The van der Waals surface area contributed by atoms with Gasteiger partial charge in [0.05, 0.1) is 12.9 Å². The maximum absolute atomic E-state index is 11.8. The lowest BCUT2D eigenvalue weighted by molar-refractivity contribution is -0.155. The molecule has 1 fully saturated rings. The van der Waals surface area contributed by atoms with Gasteiger partial charge in [0.15, 0.2) is 23.8 Å².